The molecule has 1 fully saturated rings. The fourth-order valence-corrected chi connectivity index (χ4v) is 2.97. The lowest BCUT2D eigenvalue weighted by atomic mass is 9.94. The van der Waals surface area contributed by atoms with Gasteiger partial charge in [0.2, 0.25) is 5.78 Å². The number of thiophene rings is 1. The van der Waals surface area contributed by atoms with Crippen LogP contribution in [-0.4, -0.2) is 12.3 Å². The Kier molecular flexibility index (Phi) is 2.80. The van der Waals surface area contributed by atoms with Gasteiger partial charge in [0.25, 0.3) is 0 Å². The van der Waals surface area contributed by atoms with Crippen LogP contribution in [0.15, 0.2) is 41.8 Å². The molecule has 1 aromatic heterocycles. The molecule has 1 aliphatic carbocycles. The first-order valence-electron chi connectivity index (χ1n) is 6.14. The van der Waals surface area contributed by atoms with Gasteiger partial charge in [-0.3, -0.25) is 4.79 Å². The van der Waals surface area contributed by atoms with Gasteiger partial charge in [0, 0.05) is 17.5 Å². The third kappa shape index (κ3) is 1.89. The van der Waals surface area contributed by atoms with Crippen molar-refractivity contribution in [2.75, 3.05) is 6.54 Å². The Morgan fingerprint density at radius 2 is 1.94 bits per heavy atom. The van der Waals surface area contributed by atoms with Gasteiger partial charge >= 0.3 is 0 Å². The summed E-state index contributed by atoms with van der Waals surface area (Å²) in [7, 11) is 0. The van der Waals surface area contributed by atoms with Gasteiger partial charge in [-0.1, -0.05) is 30.3 Å². The highest BCUT2D eigenvalue weighted by molar-refractivity contribution is 7.12. The summed E-state index contributed by atoms with van der Waals surface area (Å²) in [5.41, 5.74) is 8.04. The average molecular weight is 257 g/mol. The highest BCUT2D eigenvalue weighted by Crippen LogP contribution is 2.47. The number of nitrogens with two attached hydrogens (primary N) is 1. The Labute approximate surface area is 110 Å². The lowest BCUT2D eigenvalue weighted by Gasteiger charge is -2.12. The van der Waals surface area contributed by atoms with Gasteiger partial charge in [0.15, 0.2) is 0 Å². The van der Waals surface area contributed by atoms with Crippen LogP contribution < -0.4 is 5.73 Å². The van der Waals surface area contributed by atoms with Crippen LogP contribution in [-0.2, 0) is 5.41 Å². The number of rotatable bonds is 4. The molecule has 0 bridgehead atoms. The van der Waals surface area contributed by atoms with Gasteiger partial charge < -0.3 is 5.73 Å². The Morgan fingerprint density at radius 1 is 1.22 bits per heavy atom. The molecule has 0 aliphatic heterocycles. The van der Waals surface area contributed by atoms with E-state index in [9.17, 15) is 4.79 Å². The van der Waals surface area contributed by atoms with E-state index >= 15 is 0 Å². The Balaban J connectivity index is 1.86. The van der Waals surface area contributed by atoms with Crippen molar-refractivity contribution < 1.29 is 4.79 Å². The van der Waals surface area contributed by atoms with Crippen molar-refractivity contribution in [3.63, 3.8) is 0 Å². The van der Waals surface area contributed by atoms with Crippen molar-refractivity contribution in [3.05, 3.63) is 57.8 Å². The fraction of sp³-hybridized carbons (Fsp3) is 0.267. The van der Waals surface area contributed by atoms with Crippen LogP contribution in [0.25, 0.3) is 0 Å². The smallest absolute Gasteiger partial charge is 0.202 e. The first-order chi connectivity index (χ1) is 8.75. The second kappa shape index (κ2) is 4.34. The molecule has 0 amide bonds. The van der Waals surface area contributed by atoms with Gasteiger partial charge in [-0.15, -0.1) is 11.3 Å². The number of hydrogen-bond donors (Lipinski definition) is 1. The molecule has 1 aliphatic rings. The third-order valence-corrected chi connectivity index (χ3v) is 4.62. The molecule has 0 spiro atoms. The Hall–Kier alpha value is -1.45. The second-order valence-electron chi connectivity index (χ2n) is 4.87. The van der Waals surface area contributed by atoms with Gasteiger partial charge in [0.05, 0.1) is 4.88 Å². The first kappa shape index (κ1) is 11.6. The predicted octanol–water partition coefficient (Wildman–Crippen LogP) is 2.97. The molecule has 1 heterocycles. The van der Waals surface area contributed by atoms with Crippen molar-refractivity contribution in [2.45, 2.75) is 18.3 Å². The van der Waals surface area contributed by atoms with Crippen LogP contribution in [0.1, 0.15) is 33.6 Å². The van der Waals surface area contributed by atoms with Gasteiger partial charge in [-0.25, -0.2) is 0 Å². The molecular weight excluding hydrogens is 242 g/mol. The van der Waals surface area contributed by atoms with Gasteiger partial charge in [-0.05, 0) is 29.9 Å². The maximum absolute atomic E-state index is 12.1. The molecule has 2 N–H and O–H groups in total. The molecule has 2 nitrogen and oxygen atoms in total. The topological polar surface area (TPSA) is 43.1 Å². The molecule has 0 unspecified atom stereocenters. The van der Waals surface area contributed by atoms with Crippen LogP contribution in [0.5, 0.6) is 0 Å². The molecule has 3 rings (SSSR count). The summed E-state index contributed by atoms with van der Waals surface area (Å²) >= 11 is 1.48. The van der Waals surface area contributed by atoms with Crippen LogP contribution in [0.2, 0.25) is 0 Å². The fourth-order valence-electron chi connectivity index (χ4n) is 2.29. The second-order valence-corrected chi connectivity index (χ2v) is 5.82. The highest BCUT2D eigenvalue weighted by Gasteiger charge is 2.42. The molecule has 2 aromatic rings. The van der Waals surface area contributed by atoms with E-state index in [1.165, 1.54) is 29.7 Å². The number of ketones is 1. The van der Waals surface area contributed by atoms with Crippen LogP contribution >= 0.6 is 11.3 Å². The zero-order chi connectivity index (χ0) is 12.6. The lowest BCUT2D eigenvalue weighted by Crippen LogP contribution is -2.19. The molecule has 92 valence electrons. The SMILES string of the molecule is NCC1(c2ccc(C(=O)c3cccs3)cc2)CC1. The minimum absolute atomic E-state index is 0.106. The highest BCUT2D eigenvalue weighted by atomic mass is 32.1. The van der Waals surface area contributed by atoms with Crippen molar-refractivity contribution in [1.82, 2.24) is 0 Å². The van der Waals surface area contributed by atoms with Crippen molar-refractivity contribution >= 4 is 17.1 Å². The summed E-state index contributed by atoms with van der Waals surface area (Å²) in [6.45, 7) is 0.700. The van der Waals surface area contributed by atoms with Gasteiger partial charge in [-0.2, -0.15) is 0 Å². The van der Waals surface area contributed by atoms with E-state index in [1.54, 1.807) is 0 Å². The summed E-state index contributed by atoms with van der Waals surface area (Å²) in [6, 6.07) is 11.7. The predicted molar refractivity (Wildman–Crippen MR) is 74.2 cm³/mol. The Bertz CT molecular complexity index is 553. The van der Waals surface area contributed by atoms with Crippen molar-refractivity contribution in [3.8, 4) is 0 Å². The number of carbonyl (C=O) groups is 1. The lowest BCUT2D eigenvalue weighted by molar-refractivity contribution is 0.104. The number of benzene rings is 1. The zero-order valence-corrected chi connectivity index (χ0v) is 10.9. The van der Waals surface area contributed by atoms with Crippen molar-refractivity contribution in [1.29, 1.82) is 0 Å². The molecule has 0 atom stereocenters. The molecule has 0 saturated heterocycles. The maximum Gasteiger partial charge on any atom is 0.202 e. The first-order valence-corrected chi connectivity index (χ1v) is 7.02. The normalized spacial score (nSPS) is 16.5. The average Bonchev–Trinajstić information content (AvgIpc) is 3.04. The summed E-state index contributed by atoms with van der Waals surface area (Å²) in [5.74, 6) is 0.106. The van der Waals surface area contributed by atoms with E-state index in [-0.39, 0.29) is 11.2 Å². The van der Waals surface area contributed by atoms with E-state index in [2.05, 4.69) is 12.1 Å². The minimum Gasteiger partial charge on any atom is -0.330 e. The minimum atomic E-state index is 0.106. The van der Waals surface area contributed by atoms with E-state index in [1.807, 2.05) is 29.6 Å². The monoisotopic (exact) mass is 257 g/mol. The van der Waals surface area contributed by atoms with E-state index in [4.69, 9.17) is 5.73 Å². The quantitative estimate of drug-likeness (QED) is 0.856. The molecule has 0 radical (unpaired) electrons. The van der Waals surface area contributed by atoms with Crippen LogP contribution in [0, 0.1) is 0 Å². The standard InChI is InChI=1S/C15H15NOS/c16-10-15(7-8-15)12-5-3-11(4-6-12)14(17)13-2-1-9-18-13/h1-6,9H,7-8,10,16H2. The van der Waals surface area contributed by atoms with Crippen LogP contribution in [0.3, 0.4) is 0 Å². The van der Waals surface area contributed by atoms with Crippen LogP contribution in [0.4, 0.5) is 0 Å². The largest absolute Gasteiger partial charge is 0.330 e. The summed E-state index contributed by atoms with van der Waals surface area (Å²) in [5, 5.41) is 1.93. The molecule has 18 heavy (non-hydrogen) atoms. The van der Waals surface area contributed by atoms with E-state index < -0.39 is 0 Å². The van der Waals surface area contributed by atoms with E-state index in [0.717, 1.165) is 10.4 Å². The van der Waals surface area contributed by atoms with E-state index in [0.29, 0.717) is 6.54 Å². The summed E-state index contributed by atoms with van der Waals surface area (Å²) in [4.78, 5) is 12.9. The third-order valence-electron chi connectivity index (χ3n) is 3.75. The Morgan fingerprint density at radius 3 is 2.44 bits per heavy atom. The molecular formula is C15H15NOS. The summed E-state index contributed by atoms with van der Waals surface area (Å²) in [6.07, 6.45) is 2.34. The molecule has 1 saturated carbocycles. The molecule has 1 aromatic carbocycles. The maximum atomic E-state index is 12.1. The zero-order valence-electron chi connectivity index (χ0n) is 10.1. The van der Waals surface area contributed by atoms with Crippen molar-refractivity contribution in [2.24, 2.45) is 5.73 Å². The number of carbonyl (C=O) groups excluding carboxylic acids is 1. The van der Waals surface area contributed by atoms with Gasteiger partial charge in [0.1, 0.15) is 0 Å². The summed E-state index contributed by atoms with van der Waals surface area (Å²) < 4.78 is 0. The number of hydrogen-bond acceptors (Lipinski definition) is 3. The molecule has 3 heteroatoms.